The highest BCUT2D eigenvalue weighted by Crippen LogP contribution is 2.34. The molecule has 25 heavy (non-hydrogen) atoms. The van der Waals surface area contributed by atoms with E-state index in [9.17, 15) is 14.0 Å². The molecule has 1 atom stereocenters. The van der Waals surface area contributed by atoms with E-state index in [0.717, 1.165) is 5.56 Å². The maximum absolute atomic E-state index is 14.2. The van der Waals surface area contributed by atoms with Crippen molar-refractivity contribution in [1.82, 2.24) is 5.32 Å². The molecule has 5 heteroatoms. The summed E-state index contributed by atoms with van der Waals surface area (Å²) in [5.41, 5.74) is 1.88. The first-order valence-electron chi connectivity index (χ1n) is 8.02. The summed E-state index contributed by atoms with van der Waals surface area (Å²) in [5, 5.41) is 2.65. The Hall–Kier alpha value is -2.95. The molecule has 2 aromatic carbocycles. The van der Waals surface area contributed by atoms with Gasteiger partial charge in [-0.05, 0) is 24.1 Å². The molecule has 0 aliphatic carbocycles. The minimum absolute atomic E-state index is 0.00798. The number of esters is 1. The summed E-state index contributed by atoms with van der Waals surface area (Å²) in [6.07, 6.45) is 0.00798. The number of carbonyl (C=O) groups excluding carboxylic acids is 2. The lowest BCUT2D eigenvalue weighted by atomic mass is 9.84. The third-order valence-electron chi connectivity index (χ3n) is 4.18. The molecule has 0 saturated carbocycles. The summed E-state index contributed by atoms with van der Waals surface area (Å²) < 4.78 is 19.6. The van der Waals surface area contributed by atoms with Crippen LogP contribution in [0, 0.1) is 5.82 Å². The van der Waals surface area contributed by atoms with E-state index in [2.05, 4.69) is 5.32 Å². The monoisotopic (exact) mass is 339 g/mol. The zero-order valence-corrected chi connectivity index (χ0v) is 13.8. The van der Waals surface area contributed by atoms with Gasteiger partial charge in [0.15, 0.2) is 0 Å². The Kier molecular flexibility index (Phi) is 4.93. The molecule has 0 bridgehead atoms. The highest BCUT2D eigenvalue weighted by Gasteiger charge is 2.34. The van der Waals surface area contributed by atoms with Crippen LogP contribution in [-0.4, -0.2) is 11.9 Å². The first-order chi connectivity index (χ1) is 12.1. The van der Waals surface area contributed by atoms with Crippen LogP contribution < -0.4 is 5.32 Å². The molecule has 0 spiro atoms. The van der Waals surface area contributed by atoms with Crippen molar-refractivity contribution in [3.05, 3.63) is 82.8 Å². The van der Waals surface area contributed by atoms with Gasteiger partial charge in [0.1, 0.15) is 12.4 Å². The van der Waals surface area contributed by atoms with Gasteiger partial charge in [0.05, 0.1) is 5.57 Å². The number of amides is 1. The van der Waals surface area contributed by atoms with Crippen molar-refractivity contribution in [3.8, 4) is 0 Å². The average molecular weight is 339 g/mol. The van der Waals surface area contributed by atoms with Gasteiger partial charge in [-0.3, -0.25) is 4.79 Å². The third kappa shape index (κ3) is 3.76. The molecule has 0 unspecified atom stereocenters. The molecule has 2 aromatic rings. The van der Waals surface area contributed by atoms with Gasteiger partial charge in [-0.2, -0.15) is 0 Å². The summed E-state index contributed by atoms with van der Waals surface area (Å²) in [5.74, 6) is -1.89. The van der Waals surface area contributed by atoms with Crippen LogP contribution in [0.3, 0.4) is 0 Å². The molecule has 4 nitrogen and oxygen atoms in total. The summed E-state index contributed by atoms with van der Waals surface area (Å²) >= 11 is 0. The smallest absolute Gasteiger partial charge is 0.336 e. The molecule has 1 aliphatic rings. The Morgan fingerprint density at radius 2 is 1.84 bits per heavy atom. The number of allylic oxidation sites excluding steroid dienone is 1. The number of rotatable bonds is 4. The Labute approximate surface area is 145 Å². The standard InChI is InChI=1S/C20H18FNO3/c1-13-19(20(24)25-12-14-7-3-2-4-8-14)16(11-18(23)22-13)15-9-5-6-10-17(15)21/h2-10,16H,11-12H2,1H3,(H,22,23)/t16-/m0/s1. The van der Waals surface area contributed by atoms with Crippen molar-refractivity contribution in [2.75, 3.05) is 0 Å². The van der Waals surface area contributed by atoms with Crippen molar-refractivity contribution in [2.45, 2.75) is 25.9 Å². The molecule has 0 saturated heterocycles. The van der Waals surface area contributed by atoms with E-state index in [1.54, 1.807) is 25.1 Å². The summed E-state index contributed by atoms with van der Waals surface area (Å²) in [4.78, 5) is 24.5. The fourth-order valence-corrected chi connectivity index (χ4v) is 3.00. The van der Waals surface area contributed by atoms with E-state index in [-0.39, 0.29) is 18.9 Å². The lowest BCUT2D eigenvalue weighted by Crippen LogP contribution is -2.34. The highest BCUT2D eigenvalue weighted by atomic mass is 19.1. The van der Waals surface area contributed by atoms with Gasteiger partial charge < -0.3 is 10.1 Å². The average Bonchev–Trinajstić information content (AvgIpc) is 2.60. The van der Waals surface area contributed by atoms with Crippen LogP contribution >= 0.6 is 0 Å². The number of ether oxygens (including phenoxy) is 1. The van der Waals surface area contributed by atoms with Crippen LogP contribution in [0.2, 0.25) is 0 Å². The molecule has 3 rings (SSSR count). The Morgan fingerprint density at radius 3 is 2.56 bits per heavy atom. The number of halogens is 1. The predicted octanol–water partition coefficient (Wildman–Crippen LogP) is 3.45. The molecule has 1 N–H and O–H groups in total. The fraction of sp³-hybridized carbons (Fsp3) is 0.200. The van der Waals surface area contributed by atoms with Crippen LogP contribution in [0.5, 0.6) is 0 Å². The lowest BCUT2D eigenvalue weighted by molar-refractivity contribution is -0.141. The second-order valence-corrected chi connectivity index (χ2v) is 5.93. The summed E-state index contributed by atoms with van der Waals surface area (Å²) in [6, 6.07) is 15.5. The zero-order valence-electron chi connectivity index (χ0n) is 13.8. The maximum Gasteiger partial charge on any atom is 0.336 e. The van der Waals surface area contributed by atoms with Crippen LogP contribution in [0.25, 0.3) is 0 Å². The van der Waals surface area contributed by atoms with Crippen LogP contribution in [0.4, 0.5) is 4.39 Å². The normalized spacial score (nSPS) is 17.2. The number of hydrogen-bond donors (Lipinski definition) is 1. The zero-order chi connectivity index (χ0) is 17.8. The highest BCUT2D eigenvalue weighted by molar-refractivity contribution is 5.95. The minimum Gasteiger partial charge on any atom is -0.457 e. The molecule has 0 radical (unpaired) electrons. The minimum atomic E-state index is -0.654. The summed E-state index contributed by atoms with van der Waals surface area (Å²) in [6.45, 7) is 1.75. The van der Waals surface area contributed by atoms with Gasteiger partial charge in [-0.15, -0.1) is 0 Å². The molecule has 128 valence electrons. The van der Waals surface area contributed by atoms with Crippen molar-refractivity contribution in [1.29, 1.82) is 0 Å². The fourth-order valence-electron chi connectivity index (χ4n) is 3.00. The molecule has 1 aliphatic heterocycles. The maximum atomic E-state index is 14.2. The SMILES string of the molecule is CC1=C(C(=O)OCc2ccccc2)[C@H](c2ccccc2F)CC(=O)N1. The van der Waals surface area contributed by atoms with E-state index in [4.69, 9.17) is 4.74 Å². The van der Waals surface area contributed by atoms with Crippen LogP contribution in [0.15, 0.2) is 65.9 Å². The van der Waals surface area contributed by atoms with Gasteiger partial charge in [0, 0.05) is 18.0 Å². The molecule has 1 heterocycles. The number of carbonyl (C=O) groups is 2. The molecular weight excluding hydrogens is 321 g/mol. The second-order valence-electron chi connectivity index (χ2n) is 5.93. The van der Waals surface area contributed by atoms with E-state index >= 15 is 0 Å². The number of hydrogen-bond acceptors (Lipinski definition) is 3. The number of benzene rings is 2. The quantitative estimate of drug-likeness (QED) is 0.868. The largest absolute Gasteiger partial charge is 0.457 e. The van der Waals surface area contributed by atoms with Gasteiger partial charge in [-0.25, -0.2) is 9.18 Å². The molecule has 0 aromatic heterocycles. The predicted molar refractivity (Wildman–Crippen MR) is 90.8 cm³/mol. The van der Waals surface area contributed by atoms with Crippen molar-refractivity contribution >= 4 is 11.9 Å². The molecule has 1 amide bonds. The van der Waals surface area contributed by atoms with E-state index in [1.165, 1.54) is 6.07 Å². The molecular formula is C20H18FNO3. The topological polar surface area (TPSA) is 55.4 Å². The van der Waals surface area contributed by atoms with E-state index < -0.39 is 17.7 Å². The van der Waals surface area contributed by atoms with Gasteiger partial charge in [-0.1, -0.05) is 48.5 Å². The Morgan fingerprint density at radius 1 is 1.16 bits per heavy atom. The Balaban J connectivity index is 1.87. The first-order valence-corrected chi connectivity index (χ1v) is 8.02. The van der Waals surface area contributed by atoms with Gasteiger partial charge in [0.2, 0.25) is 5.91 Å². The second kappa shape index (κ2) is 7.30. The summed E-state index contributed by atoms with van der Waals surface area (Å²) in [7, 11) is 0. The van der Waals surface area contributed by atoms with Gasteiger partial charge in [0.25, 0.3) is 0 Å². The molecule has 0 fully saturated rings. The number of nitrogens with one attached hydrogen (secondary N) is 1. The van der Waals surface area contributed by atoms with Crippen molar-refractivity contribution < 1.29 is 18.7 Å². The van der Waals surface area contributed by atoms with E-state index in [0.29, 0.717) is 16.8 Å². The van der Waals surface area contributed by atoms with Crippen LogP contribution in [0.1, 0.15) is 30.4 Å². The van der Waals surface area contributed by atoms with Gasteiger partial charge >= 0.3 is 5.97 Å². The Bertz CT molecular complexity index is 830. The van der Waals surface area contributed by atoms with Crippen LogP contribution in [-0.2, 0) is 20.9 Å². The van der Waals surface area contributed by atoms with Crippen molar-refractivity contribution in [2.24, 2.45) is 0 Å². The third-order valence-corrected chi connectivity index (χ3v) is 4.18. The lowest BCUT2D eigenvalue weighted by Gasteiger charge is -2.26. The van der Waals surface area contributed by atoms with Crippen molar-refractivity contribution in [3.63, 3.8) is 0 Å². The van der Waals surface area contributed by atoms with E-state index in [1.807, 2.05) is 30.3 Å². The first kappa shape index (κ1) is 16.9.